The van der Waals surface area contributed by atoms with Crippen LogP contribution in [0.4, 0.5) is 4.79 Å². The summed E-state index contributed by atoms with van der Waals surface area (Å²) in [4.78, 5) is 45.8. The van der Waals surface area contributed by atoms with Gasteiger partial charge in [-0.3, -0.25) is 0 Å². The molecule has 1 aliphatic heterocycles. The smallest absolute Gasteiger partial charge is 0.338 e. The number of hydrogen-bond acceptors (Lipinski definition) is 7. The standard InChI is InChI=1S/C21H24N4O5/c1-5-14-18(20(27)29-6-2)17(25-21(28)24-14)10-30-19(26)13-7-8-15-16(9-13)23-12(4)11(3)22-15/h7-9,14H,5-6,10H2,1-4H3,(H2,24,25,28)/t14-/m1/s1. The van der Waals surface area contributed by atoms with E-state index in [4.69, 9.17) is 9.47 Å². The van der Waals surface area contributed by atoms with Gasteiger partial charge in [-0.1, -0.05) is 6.92 Å². The summed E-state index contributed by atoms with van der Waals surface area (Å²) < 4.78 is 10.5. The summed E-state index contributed by atoms with van der Waals surface area (Å²) >= 11 is 0. The van der Waals surface area contributed by atoms with Gasteiger partial charge in [0, 0.05) is 0 Å². The Bertz CT molecular complexity index is 1050. The highest BCUT2D eigenvalue weighted by Gasteiger charge is 2.32. The predicted octanol–water partition coefficient (Wildman–Crippen LogP) is 2.31. The number of amides is 2. The van der Waals surface area contributed by atoms with E-state index >= 15 is 0 Å². The van der Waals surface area contributed by atoms with Crippen LogP contribution in [0.1, 0.15) is 42.0 Å². The summed E-state index contributed by atoms with van der Waals surface area (Å²) in [6.07, 6.45) is 0.487. The molecule has 1 aromatic carbocycles. The third kappa shape index (κ3) is 4.40. The molecule has 0 unspecified atom stereocenters. The van der Waals surface area contributed by atoms with E-state index < -0.39 is 24.0 Å². The minimum absolute atomic E-state index is 0.191. The van der Waals surface area contributed by atoms with E-state index in [0.29, 0.717) is 23.0 Å². The fraction of sp³-hybridized carbons (Fsp3) is 0.381. The van der Waals surface area contributed by atoms with Crippen molar-refractivity contribution in [1.82, 2.24) is 20.6 Å². The Morgan fingerprint density at radius 1 is 1.03 bits per heavy atom. The van der Waals surface area contributed by atoms with Crippen LogP contribution in [-0.4, -0.2) is 47.2 Å². The van der Waals surface area contributed by atoms with Crippen molar-refractivity contribution >= 4 is 29.0 Å². The Kier molecular flexibility index (Phi) is 6.29. The molecule has 0 saturated carbocycles. The molecule has 2 aromatic rings. The third-order valence-electron chi connectivity index (χ3n) is 4.81. The molecule has 1 atom stereocenters. The Morgan fingerprint density at radius 3 is 2.40 bits per heavy atom. The van der Waals surface area contributed by atoms with Gasteiger partial charge < -0.3 is 20.1 Å². The average Bonchev–Trinajstić information content (AvgIpc) is 2.72. The van der Waals surface area contributed by atoms with E-state index in [1.807, 2.05) is 20.8 Å². The molecule has 9 nitrogen and oxygen atoms in total. The van der Waals surface area contributed by atoms with Crippen molar-refractivity contribution in [3.05, 3.63) is 46.4 Å². The molecular weight excluding hydrogens is 388 g/mol. The number of ether oxygens (including phenoxy) is 2. The number of aryl methyl sites for hydroxylation is 2. The largest absolute Gasteiger partial charge is 0.463 e. The molecule has 0 fully saturated rings. The van der Waals surface area contributed by atoms with Gasteiger partial charge in [0.1, 0.15) is 6.61 Å². The summed E-state index contributed by atoms with van der Waals surface area (Å²) in [7, 11) is 0. The molecule has 9 heteroatoms. The number of rotatable bonds is 6. The zero-order valence-electron chi connectivity index (χ0n) is 17.4. The van der Waals surface area contributed by atoms with Gasteiger partial charge in [0.15, 0.2) is 0 Å². The van der Waals surface area contributed by atoms with Crippen molar-refractivity contribution in [2.75, 3.05) is 13.2 Å². The summed E-state index contributed by atoms with van der Waals surface area (Å²) in [5.74, 6) is -1.16. The van der Waals surface area contributed by atoms with E-state index in [2.05, 4.69) is 20.6 Å². The topological polar surface area (TPSA) is 120 Å². The lowest BCUT2D eigenvalue weighted by atomic mass is 10.0. The molecule has 1 aliphatic rings. The van der Waals surface area contributed by atoms with Crippen LogP contribution in [0.3, 0.4) is 0 Å². The number of fused-ring (bicyclic) bond motifs is 1. The highest BCUT2D eigenvalue weighted by Crippen LogP contribution is 2.19. The minimum atomic E-state index is -0.603. The monoisotopic (exact) mass is 412 g/mol. The Balaban J connectivity index is 1.83. The van der Waals surface area contributed by atoms with Crippen molar-refractivity contribution in [1.29, 1.82) is 0 Å². The quantitative estimate of drug-likeness (QED) is 0.699. The summed E-state index contributed by atoms with van der Waals surface area (Å²) in [5, 5.41) is 5.22. The first-order valence-electron chi connectivity index (χ1n) is 9.73. The van der Waals surface area contributed by atoms with E-state index in [9.17, 15) is 14.4 Å². The first-order valence-corrected chi connectivity index (χ1v) is 9.73. The first kappa shape index (κ1) is 21.2. The van der Waals surface area contributed by atoms with Crippen molar-refractivity contribution in [3.8, 4) is 0 Å². The number of hydrogen-bond donors (Lipinski definition) is 2. The fourth-order valence-electron chi connectivity index (χ4n) is 3.15. The maximum absolute atomic E-state index is 12.6. The summed E-state index contributed by atoms with van der Waals surface area (Å²) in [6.45, 7) is 7.17. The van der Waals surface area contributed by atoms with Gasteiger partial charge in [-0.25, -0.2) is 24.4 Å². The van der Waals surface area contributed by atoms with Crippen LogP contribution in [0, 0.1) is 13.8 Å². The van der Waals surface area contributed by atoms with Crippen molar-refractivity contribution < 1.29 is 23.9 Å². The first-order chi connectivity index (χ1) is 14.3. The van der Waals surface area contributed by atoms with Gasteiger partial charge in [-0.2, -0.15) is 0 Å². The number of aromatic nitrogens is 2. The number of esters is 2. The van der Waals surface area contributed by atoms with Crippen LogP contribution >= 0.6 is 0 Å². The molecule has 2 heterocycles. The molecule has 0 bridgehead atoms. The number of urea groups is 1. The van der Waals surface area contributed by atoms with Crippen LogP contribution < -0.4 is 10.6 Å². The second-order valence-electron chi connectivity index (χ2n) is 6.85. The highest BCUT2D eigenvalue weighted by atomic mass is 16.5. The van der Waals surface area contributed by atoms with Gasteiger partial charge in [-0.05, 0) is 45.4 Å². The number of carbonyl (C=O) groups is 3. The lowest BCUT2D eigenvalue weighted by molar-refractivity contribution is -0.139. The predicted molar refractivity (Wildman–Crippen MR) is 109 cm³/mol. The lowest BCUT2D eigenvalue weighted by Gasteiger charge is -2.28. The summed E-state index contributed by atoms with van der Waals surface area (Å²) in [6, 6.07) is 3.92. The number of carbonyl (C=O) groups excluding carboxylic acids is 3. The third-order valence-corrected chi connectivity index (χ3v) is 4.81. The van der Waals surface area contributed by atoms with E-state index in [0.717, 1.165) is 11.4 Å². The average molecular weight is 412 g/mol. The van der Waals surface area contributed by atoms with Gasteiger partial charge in [0.05, 0.1) is 51.9 Å². The van der Waals surface area contributed by atoms with E-state index in [-0.39, 0.29) is 24.5 Å². The molecule has 158 valence electrons. The molecule has 0 aliphatic carbocycles. The molecule has 2 amide bonds. The van der Waals surface area contributed by atoms with Crippen molar-refractivity contribution in [2.24, 2.45) is 0 Å². The molecule has 3 rings (SSSR count). The van der Waals surface area contributed by atoms with Gasteiger partial charge in [0.2, 0.25) is 0 Å². The highest BCUT2D eigenvalue weighted by molar-refractivity contribution is 5.96. The van der Waals surface area contributed by atoms with E-state index in [1.165, 1.54) is 0 Å². The lowest BCUT2D eigenvalue weighted by Crippen LogP contribution is -2.51. The SMILES string of the molecule is CCOC(=O)C1=C(COC(=O)c2ccc3nc(C)c(C)nc3c2)NC(=O)N[C@@H]1CC. The Morgan fingerprint density at radius 2 is 1.73 bits per heavy atom. The van der Waals surface area contributed by atoms with Crippen LogP contribution in [0.5, 0.6) is 0 Å². The molecular formula is C21H24N4O5. The normalized spacial score (nSPS) is 16.1. The van der Waals surface area contributed by atoms with E-state index in [1.54, 1.807) is 25.1 Å². The van der Waals surface area contributed by atoms with Crippen LogP contribution in [0.2, 0.25) is 0 Å². The molecule has 30 heavy (non-hydrogen) atoms. The van der Waals surface area contributed by atoms with Crippen molar-refractivity contribution in [3.63, 3.8) is 0 Å². The minimum Gasteiger partial charge on any atom is -0.463 e. The molecule has 2 N–H and O–H groups in total. The molecule has 0 saturated heterocycles. The molecule has 0 spiro atoms. The van der Waals surface area contributed by atoms with Crippen molar-refractivity contribution in [2.45, 2.75) is 40.2 Å². The van der Waals surface area contributed by atoms with Gasteiger partial charge in [0.25, 0.3) is 0 Å². The number of benzene rings is 1. The van der Waals surface area contributed by atoms with Crippen LogP contribution in [-0.2, 0) is 14.3 Å². The second-order valence-corrected chi connectivity index (χ2v) is 6.85. The van der Waals surface area contributed by atoms with Gasteiger partial charge in [-0.15, -0.1) is 0 Å². The van der Waals surface area contributed by atoms with Gasteiger partial charge >= 0.3 is 18.0 Å². The maximum atomic E-state index is 12.6. The van der Waals surface area contributed by atoms with Crippen LogP contribution in [0.25, 0.3) is 11.0 Å². The maximum Gasteiger partial charge on any atom is 0.338 e. The summed E-state index contributed by atoms with van der Waals surface area (Å²) in [5.41, 5.74) is 3.62. The number of nitrogens with zero attached hydrogens (tertiary/aromatic N) is 2. The second kappa shape index (κ2) is 8.89. The molecule has 0 radical (unpaired) electrons. The Labute approximate surface area is 173 Å². The van der Waals surface area contributed by atoms with Crippen LogP contribution in [0.15, 0.2) is 29.5 Å². The molecule has 1 aromatic heterocycles. The zero-order chi connectivity index (χ0) is 21.8. The Hall–Kier alpha value is -3.49. The zero-order valence-corrected chi connectivity index (χ0v) is 17.4. The fourth-order valence-corrected chi connectivity index (χ4v) is 3.15. The number of nitrogens with one attached hydrogen (secondary N) is 2.